The van der Waals surface area contributed by atoms with Crippen LogP contribution in [0.1, 0.15) is 23.4 Å². The molecule has 0 heterocycles. The minimum Gasteiger partial charge on any atom is -0.298 e. The predicted octanol–water partition coefficient (Wildman–Crippen LogP) is 4.91. The second kappa shape index (κ2) is 6.17. The Labute approximate surface area is 117 Å². The average Bonchev–Trinajstić information content (AvgIpc) is 2.25. The van der Waals surface area contributed by atoms with Gasteiger partial charge in [0.1, 0.15) is 5.38 Å². The summed E-state index contributed by atoms with van der Waals surface area (Å²) in [6.45, 7) is 1.23. The molecular formula is C11H9Cl2F3OS. The molecule has 1 atom stereocenters. The van der Waals surface area contributed by atoms with Gasteiger partial charge >= 0.3 is 5.51 Å². The Morgan fingerprint density at radius 3 is 2.50 bits per heavy atom. The van der Waals surface area contributed by atoms with Gasteiger partial charge in [0.05, 0.1) is 0 Å². The summed E-state index contributed by atoms with van der Waals surface area (Å²) < 4.78 is 37.3. The average molecular weight is 317 g/mol. The molecule has 1 nitrogen and oxygen atoms in total. The summed E-state index contributed by atoms with van der Waals surface area (Å²) in [5.41, 5.74) is -3.86. The van der Waals surface area contributed by atoms with Gasteiger partial charge in [-0.2, -0.15) is 13.2 Å². The molecule has 1 aromatic carbocycles. The Hall–Kier alpha value is -0.390. The van der Waals surface area contributed by atoms with E-state index in [-0.39, 0.29) is 28.1 Å². The van der Waals surface area contributed by atoms with Gasteiger partial charge in [-0.3, -0.25) is 4.79 Å². The fourth-order valence-electron chi connectivity index (χ4n) is 1.41. The van der Waals surface area contributed by atoms with Gasteiger partial charge in [-0.1, -0.05) is 12.1 Å². The minimum absolute atomic E-state index is 0.00189. The van der Waals surface area contributed by atoms with Gasteiger partial charge in [0, 0.05) is 10.8 Å². The molecule has 7 heteroatoms. The number of halogens is 5. The number of hydrogen-bond acceptors (Lipinski definition) is 2. The highest BCUT2D eigenvalue weighted by atomic mass is 35.5. The van der Waals surface area contributed by atoms with Crippen LogP contribution in [0, 0.1) is 0 Å². The quantitative estimate of drug-likeness (QED) is 0.580. The van der Waals surface area contributed by atoms with Gasteiger partial charge in [-0.25, -0.2) is 0 Å². The Kier molecular flexibility index (Phi) is 5.37. The third kappa shape index (κ3) is 4.07. The van der Waals surface area contributed by atoms with Crippen LogP contribution in [0.5, 0.6) is 0 Å². The molecule has 0 bridgehead atoms. The second-order valence-electron chi connectivity index (χ2n) is 3.48. The smallest absolute Gasteiger partial charge is 0.298 e. The molecule has 0 aliphatic rings. The van der Waals surface area contributed by atoms with Crippen molar-refractivity contribution in [3.8, 4) is 0 Å². The van der Waals surface area contributed by atoms with Gasteiger partial charge < -0.3 is 0 Å². The van der Waals surface area contributed by atoms with E-state index >= 15 is 0 Å². The summed E-state index contributed by atoms with van der Waals surface area (Å²) >= 11 is 11.2. The second-order valence-corrected chi connectivity index (χ2v) is 5.29. The van der Waals surface area contributed by atoms with E-state index in [1.54, 1.807) is 6.07 Å². The molecule has 0 spiro atoms. The SMILES string of the molecule is CC(=O)C(Cl)c1c(CCl)cccc1SC(F)(F)F. The van der Waals surface area contributed by atoms with E-state index in [4.69, 9.17) is 23.2 Å². The molecular weight excluding hydrogens is 308 g/mol. The lowest BCUT2D eigenvalue weighted by Crippen LogP contribution is -2.09. The molecule has 1 rings (SSSR count). The van der Waals surface area contributed by atoms with Crippen LogP contribution < -0.4 is 0 Å². The predicted molar refractivity (Wildman–Crippen MR) is 67.2 cm³/mol. The number of carbonyl (C=O) groups is 1. The Morgan fingerprint density at radius 2 is 2.06 bits per heavy atom. The highest BCUT2D eigenvalue weighted by Gasteiger charge is 2.32. The number of carbonyl (C=O) groups excluding carboxylic acids is 1. The first kappa shape index (κ1) is 15.7. The molecule has 0 amide bonds. The van der Waals surface area contributed by atoms with Crippen molar-refractivity contribution in [3.63, 3.8) is 0 Å². The zero-order valence-electron chi connectivity index (χ0n) is 9.22. The lowest BCUT2D eigenvalue weighted by molar-refractivity contribution is -0.116. The van der Waals surface area contributed by atoms with Crippen molar-refractivity contribution in [2.75, 3.05) is 0 Å². The van der Waals surface area contributed by atoms with Crippen molar-refractivity contribution in [1.82, 2.24) is 0 Å². The van der Waals surface area contributed by atoms with Crippen molar-refractivity contribution in [3.05, 3.63) is 29.3 Å². The lowest BCUT2D eigenvalue weighted by atomic mass is 10.0. The molecule has 0 aliphatic heterocycles. The molecule has 0 aromatic heterocycles. The van der Waals surface area contributed by atoms with Crippen LogP contribution in [0.15, 0.2) is 23.1 Å². The molecule has 0 aliphatic carbocycles. The normalized spacial score (nSPS) is 13.4. The molecule has 1 unspecified atom stereocenters. The molecule has 0 saturated carbocycles. The third-order valence-electron chi connectivity index (χ3n) is 2.14. The first-order chi connectivity index (χ1) is 8.26. The van der Waals surface area contributed by atoms with Crippen LogP contribution in [-0.2, 0) is 10.7 Å². The van der Waals surface area contributed by atoms with E-state index in [2.05, 4.69) is 0 Å². The fraction of sp³-hybridized carbons (Fsp3) is 0.364. The highest BCUT2D eigenvalue weighted by molar-refractivity contribution is 8.00. The molecule has 0 saturated heterocycles. The zero-order chi connectivity index (χ0) is 13.9. The van der Waals surface area contributed by atoms with Crippen LogP contribution in [-0.4, -0.2) is 11.3 Å². The number of alkyl halides is 5. The number of thioether (sulfide) groups is 1. The molecule has 0 fully saturated rings. The largest absolute Gasteiger partial charge is 0.446 e. The number of benzene rings is 1. The summed E-state index contributed by atoms with van der Waals surface area (Å²) in [6.07, 6.45) is 0. The van der Waals surface area contributed by atoms with Gasteiger partial charge in [0.15, 0.2) is 5.78 Å². The number of Topliss-reactive ketones (excluding diaryl/α,β-unsaturated/α-hetero) is 1. The third-order valence-corrected chi connectivity index (χ3v) is 3.76. The van der Waals surface area contributed by atoms with E-state index in [0.29, 0.717) is 5.56 Å². The van der Waals surface area contributed by atoms with Crippen LogP contribution in [0.2, 0.25) is 0 Å². The Bertz CT molecular complexity index is 448. The van der Waals surface area contributed by atoms with Crippen molar-refractivity contribution < 1.29 is 18.0 Å². The van der Waals surface area contributed by atoms with Crippen molar-refractivity contribution >= 4 is 40.7 Å². The maximum absolute atomic E-state index is 12.4. The highest BCUT2D eigenvalue weighted by Crippen LogP contribution is 2.42. The molecule has 1 aromatic rings. The summed E-state index contributed by atoms with van der Waals surface area (Å²) in [4.78, 5) is 11.2. The van der Waals surface area contributed by atoms with Crippen LogP contribution in [0.4, 0.5) is 13.2 Å². The monoisotopic (exact) mass is 316 g/mol. The van der Waals surface area contributed by atoms with Crippen molar-refractivity contribution in [2.45, 2.75) is 28.6 Å². The lowest BCUT2D eigenvalue weighted by Gasteiger charge is -2.17. The Morgan fingerprint density at radius 1 is 1.44 bits per heavy atom. The van der Waals surface area contributed by atoms with Crippen LogP contribution >= 0.6 is 35.0 Å². The van der Waals surface area contributed by atoms with Gasteiger partial charge in [-0.15, -0.1) is 23.2 Å². The van der Waals surface area contributed by atoms with Crippen LogP contribution in [0.25, 0.3) is 0 Å². The number of rotatable bonds is 4. The van der Waals surface area contributed by atoms with Gasteiger partial charge in [0.25, 0.3) is 0 Å². The summed E-state index contributed by atoms with van der Waals surface area (Å²) in [7, 11) is 0. The topological polar surface area (TPSA) is 17.1 Å². The number of hydrogen-bond donors (Lipinski definition) is 0. The van der Waals surface area contributed by atoms with E-state index in [9.17, 15) is 18.0 Å². The maximum Gasteiger partial charge on any atom is 0.446 e. The van der Waals surface area contributed by atoms with Gasteiger partial charge in [-0.05, 0) is 35.9 Å². The number of ketones is 1. The van der Waals surface area contributed by atoms with Gasteiger partial charge in [0.2, 0.25) is 0 Å². The standard InChI is InChI=1S/C11H9Cl2F3OS/c1-6(17)10(13)9-7(5-12)3-2-4-8(9)18-11(14,15)16/h2-4,10H,5H2,1H3. The van der Waals surface area contributed by atoms with E-state index in [1.165, 1.54) is 19.1 Å². The summed E-state index contributed by atoms with van der Waals surface area (Å²) in [5, 5.41) is -1.12. The molecule has 0 radical (unpaired) electrons. The Balaban J connectivity index is 3.29. The molecule has 18 heavy (non-hydrogen) atoms. The summed E-state index contributed by atoms with van der Waals surface area (Å²) in [6, 6.07) is 4.29. The van der Waals surface area contributed by atoms with E-state index < -0.39 is 16.7 Å². The summed E-state index contributed by atoms with van der Waals surface area (Å²) in [5.74, 6) is -0.420. The minimum atomic E-state index is -4.44. The van der Waals surface area contributed by atoms with Crippen molar-refractivity contribution in [1.29, 1.82) is 0 Å². The maximum atomic E-state index is 12.4. The first-order valence-electron chi connectivity index (χ1n) is 4.84. The molecule has 100 valence electrons. The van der Waals surface area contributed by atoms with Crippen molar-refractivity contribution in [2.24, 2.45) is 0 Å². The molecule has 0 N–H and O–H groups in total. The fourth-order valence-corrected chi connectivity index (χ4v) is 2.72. The first-order valence-corrected chi connectivity index (χ1v) is 6.63. The van der Waals surface area contributed by atoms with Crippen LogP contribution in [0.3, 0.4) is 0 Å². The van der Waals surface area contributed by atoms with E-state index in [1.807, 2.05) is 0 Å². The van der Waals surface area contributed by atoms with E-state index in [0.717, 1.165) is 0 Å². The zero-order valence-corrected chi connectivity index (χ0v) is 11.6.